The van der Waals surface area contributed by atoms with E-state index in [9.17, 15) is 0 Å². The van der Waals surface area contributed by atoms with Crippen LogP contribution in [0.3, 0.4) is 0 Å². The molecule has 0 amide bonds. The molecule has 0 aliphatic rings. The van der Waals surface area contributed by atoms with Crippen LogP contribution >= 0.6 is 0 Å². The van der Waals surface area contributed by atoms with Gasteiger partial charge in [0.1, 0.15) is 0 Å². The summed E-state index contributed by atoms with van der Waals surface area (Å²) in [6.07, 6.45) is 0. The molecule has 0 aromatic rings. The van der Waals surface area contributed by atoms with Crippen LogP contribution < -0.4 is 0 Å². The molecule has 0 nitrogen and oxygen atoms in total. The fourth-order valence-electron chi connectivity index (χ4n) is 0. The molecule has 0 aromatic heterocycles. The minimum atomic E-state index is 0. The zero-order valence-corrected chi connectivity index (χ0v) is 17.8. The topological polar surface area (TPSA) is 0 Å². The molecule has 19 valence electrons. The van der Waals surface area contributed by atoms with Gasteiger partial charge in [-0.15, -0.1) is 0 Å². The van der Waals surface area contributed by atoms with Gasteiger partial charge in [0.25, 0.3) is 0 Å². The first-order valence-corrected chi connectivity index (χ1v) is 0. The van der Waals surface area contributed by atoms with Crippen molar-refractivity contribution in [1.82, 2.24) is 0 Å². The number of hydrogen-bond donors (Lipinski definition) is 0. The average Bonchev–Trinajstić information content (AvgIpc) is 0. The summed E-state index contributed by atoms with van der Waals surface area (Å²) in [5.74, 6) is 0. The molecular formula is H2CaCeHfLaZr. The predicted octanol–water partition coefficient (Wildman–Crippen LogP) is -0.161. The molecule has 0 aromatic carbocycles. The van der Waals surface area contributed by atoms with E-state index in [4.69, 9.17) is 0 Å². The first kappa shape index (κ1) is 31.2. The van der Waals surface area contributed by atoms with Crippen LogP contribution in [0.5, 0.6) is 0 Å². The normalized spacial score (nSPS) is 0. The third kappa shape index (κ3) is 17.7. The van der Waals surface area contributed by atoms with E-state index < -0.39 is 0 Å². The van der Waals surface area contributed by atoms with Crippen LogP contribution in [-0.2, 0) is 52.0 Å². The molecule has 0 bridgehead atoms. The van der Waals surface area contributed by atoms with E-state index in [2.05, 4.69) is 0 Å². The van der Waals surface area contributed by atoms with Gasteiger partial charge in [0, 0.05) is 129 Å². The Morgan fingerprint density at radius 2 is 1.20 bits per heavy atom. The van der Waals surface area contributed by atoms with E-state index >= 15 is 0 Å². The summed E-state index contributed by atoms with van der Waals surface area (Å²) >= 11 is 0. The second kappa shape index (κ2) is 22.6. The van der Waals surface area contributed by atoms with E-state index in [1.807, 2.05) is 0 Å². The van der Waals surface area contributed by atoms with Crippen molar-refractivity contribution in [3.8, 4) is 0 Å². The van der Waals surface area contributed by atoms with Crippen LogP contribution in [0.15, 0.2) is 0 Å². The smallest absolute Gasteiger partial charge is 1.00 e. The van der Waals surface area contributed by atoms with Gasteiger partial charge in [0.05, 0.1) is 0 Å². The van der Waals surface area contributed by atoms with Crippen LogP contribution in [0.1, 0.15) is 2.85 Å². The largest absolute Gasteiger partial charge is 2.00 e. The molecule has 0 fully saturated rings. The van der Waals surface area contributed by atoms with Crippen molar-refractivity contribution in [1.29, 1.82) is 0 Å². The molecule has 0 atom stereocenters. The summed E-state index contributed by atoms with van der Waals surface area (Å²) in [5, 5.41) is 0. The number of hydrogen-bond acceptors (Lipinski definition) is 0. The van der Waals surface area contributed by atoms with Gasteiger partial charge in [-0.2, -0.15) is 0 Å². The number of rotatable bonds is 0. The predicted molar refractivity (Wildman–Crippen MR) is 7.98 cm³/mol. The van der Waals surface area contributed by atoms with Crippen LogP contribution in [0.2, 0.25) is 0 Å². The molecule has 0 heterocycles. The molecule has 5 heteroatoms. The Kier molecular flexibility index (Phi) is 141. The van der Waals surface area contributed by atoms with Crippen molar-refractivity contribution in [3.05, 3.63) is 0 Å². The average molecular weight is 591 g/mol. The van der Waals surface area contributed by atoms with E-state index in [1.165, 1.54) is 0 Å². The SMILES string of the molecule is [Ca+2].[Ce].[H-].[H-].[Hf].[La].[Zr]. The van der Waals surface area contributed by atoms with Crippen molar-refractivity contribution in [2.75, 3.05) is 0 Å². The maximum absolute atomic E-state index is 0. The van der Waals surface area contributed by atoms with Crippen LogP contribution in [0.25, 0.3) is 0 Å². The summed E-state index contributed by atoms with van der Waals surface area (Å²) in [5.41, 5.74) is 0. The van der Waals surface area contributed by atoms with E-state index in [1.54, 1.807) is 0 Å². The first-order valence-electron chi connectivity index (χ1n) is 0. The van der Waals surface area contributed by atoms with Crippen LogP contribution in [0, 0.1) is 77.3 Å². The molecule has 0 saturated carbocycles. The minimum Gasteiger partial charge on any atom is -1.00 e. The quantitative estimate of drug-likeness (QED) is 0.344. The van der Waals surface area contributed by atoms with Crippen molar-refractivity contribution < 1.29 is 132 Å². The molecule has 1 radical (unpaired) electrons. The van der Waals surface area contributed by atoms with Crippen LogP contribution in [0.4, 0.5) is 0 Å². The Labute approximate surface area is 165 Å². The molecule has 0 unspecified atom stereocenters. The van der Waals surface area contributed by atoms with Gasteiger partial charge in [-0.1, -0.05) is 0 Å². The summed E-state index contributed by atoms with van der Waals surface area (Å²) in [4.78, 5) is 0. The Bertz CT molecular complexity index is 17.7. The van der Waals surface area contributed by atoms with Gasteiger partial charge in [-0.05, 0) is 0 Å². The van der Waals surface area contributed by atoms with Crippen molar-refractivity contribution in [2.24, 2.45) is 0 Å². The van der Waals surface area contributed by atoms with E-state index in [-0.39, 0.29) is 170 Å². The second-order valence-electron chi connectivity index (χ2n) is 0. The van der Waals surface area contributed by atoms with Gasteiger partial charge in [-0.3, -0.25) is 0 Å². The van der Waals surface area contributed by atoms with Crippen LogP contribution in [-0.4, -0.2) is 37.7 Å². The van der Waals surface area contributed by atoms with Gasteiger partial charge < -0.3 is 2.85 Å². The molecule has 0 spiro atoms. The third-order valence-electron chi connectivity index (χ3n) is 0. The maximum Gasteiger partial charge on any atom is 2.00 e. The molecule has 0 aliphatic carbocycles. The minimum absolute atomic E-state index is 0. The molecule has 5 heavy (non-hydrogen) atoms. The van der Waals surface area contributed by atoms with Gasteiger partial charge in [0.15, 0.2) is 0 Å². The van der Waals surface area contributed by atoms with E-state index in [0.717, 1.165) is 0 Å². The van der Waals surface area contributed by atoms with Gasteiger partial charge in [0.2, 0.25) is 0 Å². The first-order chi connectivity index (χ1) is 0. The van der Waals surface area contributed by atoms with Crippen molar-refractivity contribution in [2.45, 2.75) is 0 Å². The third-order valence-corrected chi connectivity index (χ3v) is 0. The van der Waals surface area contributed by atoms with Crippen molar-refractivity contribution >= 4 is 37.7 Å². The Balaban J connectivity index is 0. The molecule has 0 rings (SSSR count). The van der Waals surface area contributed by atoms with Crippen molar-refractivity contribution in [3.63, 3.8) is 0 Å². The standard InChI is InChI=1S/Ca.Ce.Hf.La.Zr.2H/q+2;;;;;2*-1. The molecular weight excluding hydrogens is 589 g/mol. The monoisotopic (exact) mass is 591 g/mol. The Hall–Kier alpha value is 5.58. The Morgan fingerprint density at radius 1 is 1.20 bits per heavy atom. The summed E-state index contributed by atoms with van der Waals surface area (Å²) in [6, 6.07) is 0. The van der Waals surface area contributed by atoms with Gasteiger partial charge >= 0.3 is 37.7 Å². The van der Waals surface area contributed by atoms with Gasteiger partial charge in [-0.25, -0.2) is 0 Å². The molecule has 0 aliphatic heterocycles. The molecule has 0 saturated heterocycles. The molecule has 0 N–H and O–H groups in total. The fraction of sp³-hybridized carbons (Fsp3) is 0. The zero-order chi connectivity index (χ0) is 0. The summed E-state index contributed by atoms with van der Waals surface area (Å²) in [7, 11) is 0. The second-order valence-corrected chi connectivity index (χ2v) is 0. The zero-order valence-electron chi connectivity index (χ0n) is 4.78. The summed E-state index contributed by atoms with van der Waals surface area (Å²) in [6.45, 7) is 0. The maximum atomic E-state index is 0. The fourth-order valence-corrected chi connectivity index (χ4v) is 0. The summed E-state index contributed by atoms with van der Waals surface area (Å²) < 4.78 is 0. The Morgan fingerprint density at radius 3 is 1.20 bits per heavy atom. The van der Waals surface area contributed by atoms with E-state index in [0.29, 0.717) is 0 Å².